The number of halogens is 4. The topological polar surface area (TPSA) is 57.6 Å². The Labute approximate surface area is 118 Å². The number of carboxylic acid groups (broad SMARTS) is 1. The van der Waals surface area contributed by atoms with Crippen molar-refractivity contribution in [2.75, 3.05) is 13.6 Å². The lowest BCUT2D eigenvalue weighted by atomic mass is 10.1. The molecule has 0 aliphatic heterocycles. The van der Waals surface area contributed by atoms with Crippen LogP contribution in [0.2, 0.25) is 0 Å². The molecule has 21 heavy (non-hydrogen) atoms. The molecule has 1 aromatic carbocycles. The number of nitrogens with zero attached hydrogens (tertiary/aromatic N) is 1. The molecule has 1 unspecified atom stereocenters. The summed E-state index contributed by atoms with van der Waals surface area (Å²) in [4.78, 5) is 23.5. The summed E-state index contributed by atoms with van der Waals surface area (Å²) in [7, 11) is 1.20. The van der Waals surface area contributed by atoms with Gasteiger partial charge in [0.2, 0.25) is 0 Å². The fraction of sp³-hybridized carbons (Fsp3) is 0.385. The largest absolute Gasteiger partial charge is 0.481 e. The maximum Gasteiger partial charge on any atom is 0.416 e. The van der Waals surface area contributed by atoms with E-state index < -0.39 is 40.9 Å². The first-order valence-electron chi connectivity index (χ1n) is 5.89. The molecule has 8 heteroatoms. The minimum Gasteiger partial charge on any atom is -0.481 e. The first-order valence-corrected chi connectivity index (χ1v) is 5.89. The second-order valence-electron chi connectivity index (χ2n) is 4.62. The van der Waals surface area contributed by atoms with Crippen LogP contribution in [0.15, 0.2) is 18.2 Å². The molecule has 1 atom stereocenters. The highest BCUT2D eigenvalue weighted by Gasteiger charge is 2.32. The average molecular weight is 307 g/mol. The molecule has 0 aliphatic rings. The van der Waals surface area contributed by atoms with E-state index in [0.29, 0.717) is 18.2 Å². The normalized spacial score (nSPS) is 12.9. The Morgan fingerprint density at radius 1 is 1.33 bits per heavy atom. The fourth-order valence-corrected chi connectivity index (χ4v) is 1.64. The van der Waals surface area contributed by atoms with Crippen molar-refractivity contribution in [1.29, 1.82) is 0 Å². The van der Waals surface area contributed by atoms with Crippen LogP contribution in [0.1, 0.15) is 22.8 Å². The molecular weight excluding hydrogens is 294 g/mol. The Balaban J connectivity index is 3.04. The highest BCUT2D eigenvalue weighted by atomic mass is 19.4. The maximum atomic E-state index is 13.5. The van der Waals surface area contributed by atoms with Crippen LogP contribution in [0.25, 0.3) is 0 Å². The third-order valence-electron chi connectivity index (χ3n) is 2.84. The van der Waals surface area contributed by atoms with Crippen LogP contribution < -0.4 is 0 Å². The highest BCUT2D eigenvalue weighted by molar-refractivity contribution is 5.94. The Morgan fingerprint density at radius 3 is 2.38 bits per heavy atom. The van der Waals surface area contributed by atoms with Gasteiger partial charge in [-0.1, -0.05) is 6.92 Å². The molecule has 0 saturated carbocycles. The first-order chi connectivity index (χ1) is 9.54. The van der Waals surface area contributed by atoms with Gasteiger partial charge in [0.1, 0.15) is 5.82 Å². The lowest BCUT2D eigenvalue weighted by Crippen LogP contribution is -2.34. The van der Waals surface area contributed by atoms with E-state index in [0.717, 1.165) is 4.90 Å². The van der Waals surface area contributed by atoms with Crippen LogP contribution in [-0.2, 0) is 11.0 Å². The molecule has 0 fully saturated rings. The smallest absolute Gasteiger partial charge is 0.416 e. The zero-order valence-electron chi connectivity index (χ0n) is 11.2. The number of carboxylic acids is 1. The predicted octanol–water partition coefficient (Wildman–Crippen LogP) is 2.64. The van der Waals surface area contributed by atoms with Gasteiger partial charge < -0.3 is 10.0 Å². The monoisotopic (exact) mass is 307 g/mol. The summed E-state index contributed by atoms with van der Waals surface area (Å²) in [6, 6.07) is 1.51. The second kappa shape index (κ2) is 6.11. The Bertz CT molecular complexity index is 557. The van der Waals surface area contributed by atoms with E-state index in [4.69, 9.17) is 5.11 Å². The molecule has 0 aliphatic carbocycles. The number of hydrogen-bond acceptors (Lipinski definition) is 2. The Morgan fingerprint density at radius 2 is 1.90 bits per heavy atom. The lowest BCUT2D eigenvalue weighted by Gasteiger charge is -2.20. The van der Waals surface area contributed by atoms with Gasteiger partial charge in [-0.15, -0.1) is 0 Å². The number of carbonyl (C=O) groups is 2. The third kappa shape index (κ3) is 4.17. The molecule has 0 heterocycles. The molecule has 0 bridgehead atoms. The summed E-state index contributed by atoms with van der Waals surface area (Å²) in [5.74, 6) is -4.19. The predicted molar refractivity (Wildman–Crippen MR) is 65.2 cm³/mol. The van der Waals surface area contributed by atoms with E-state index in [1.165, 1.54) is 14.0 Å². The SMILES string of the molecule is CC(CN(C)C(=O)c1cc(C(F)(F)F)ccc1F)C(=O)O. The lowest BCUT2D eigenvalue weighted by molar-refractivity contribution is -0.141. The number of amides is 1. The Kier molecular flexibility index (Phi) is 4.93. The number of hydrogen-bond donors (Lipinski definition) is 1. The summed E-state index contributed by atoms with van der Waals surface area (Å²) >= 11 is 0. The van der Waals surface area contributed by atoms with Gasteiger partial charge in [-0.3, -0.25) is 9.59 Å². The van der Waals surface area contributed by atoms with Crippen molar-refractivity contribution >= 4 is 11.9 Å². The molecule has 1 rings (SSSR count). The number of rotatable bonds is 4. The van der Waals surface area contributed by atoms with Crippen LogP contribution in [0.4, 0.5) is 17.6 Å². The van der Waals surface area contributed by atoms with Gasteiger partial charge in [0.25, 0.3) is 5.91 Å². The van der Waals surface area contributed by atoms with Crippen molar-refractivity contribution in [2.45, 2.75) is 13.1 Å². The molecule has 0 saturated heterocycles. The summed E-state index contributed by atoms with van der Waals surface area (Å²) in [5, 5.41) is 8.73. The van der Waals surface area contributed by atoms with Crippen LogP contribution in [-0.4, -0.2) is 35.5 Å². The van der Waals surface area contributed by atoms with E-state index in [1.807, 2.05) is 0 Å². The van der Waals surface area contributed by atoms with Gasteiger partial charge in [-0.25, -0.2) is 4.39 Å². The van der Waals surface area contributed by atoms with E-state index in [9.17, 15) is 27.2 Å². The minimum atomic E-state index is -4.70. The van der Waals surface area contributed by atoms with Crippen molar-refractivity contribution < 1.29 is 32.3 Å². The van der Waals surface area contributed by atoms with Crippen LogP contribution in [0.5, 0.6) is 0 Å². The van der Waals surface area contributed by atoms with Crippen molar-refractivity contribution in [3.63, 3.8) is 0 Å². The molecule has 0 aromatic heterocycles. The van der Waals surface area contributed by atoms with Crippen LogP contribution in [0.3, 0.4) is 0 Å². The Hall–Kier alpha value is -2.12. The summed E-state index contributed by atoms with van der Waals surface area (Å²) in [6.45, 7) is 1.08. The first kappa shape index (κ1) is 16.9. The van der Waals surface area contributed by atoms with Crippen LogP contribution >= 0.6 is 0 Å². The van der Waals surface area contributed by atoms with Gasteiger partial charge in [0.05, 0.1) is 17.0 Å². The van der Waals surface area contributed by atoms with E-state index in [2.05, 4.69) is 0 Å². The number of carbonyl (C=O) groups excluding carboxylic acids is 1. The third-order valence-corrected chi connectivity index (χ3v) is 2.84. The fourth-order valence-electron chi connectivity index (χ4n) is 1.64. The molecule has 1 amide bonds. The van der Waals surface area contributed by atoms with Crippen LogP contribution in [0, 0.1) is 11.7 Å². The van der Waals surface area contributed by atoms with Gasteiger partial charge in [-0.2, -0.15) is 13.2 Å². The second-order valence-corrected chi connectivity index (χ2v) is 4.62. The summed E-state index contributed by atoms with van der Waals surface area (Å²) < 4.78 is 51.2. The molecule has 0 radical (unpaired) electrons. The van der Waals surface area contributed by atoms with E-state index in [-0.39, 0.29) is 6.54 Å². The molecular formula is C13H13F4NO3. The number of benzene rings is 1. The van der Waals surface area contributed by atoms with Crippen molar-refractivity contribution in [2.24, 2.45) is 5.92 Å². The number of alkyl halides is 3. The van der Waals surface area contributed by atoms with Gasteiger partial charge in [0.15, 0.2) is 0 Å². The average Bonchev–Trinajstić information content (AvgIpc) is 2.36. The van der Waals surface area contributed by atoms with E-state index >= 15 is 0 Å². The quantitative estimate of drug-likeness (QED) is 0.870. The van der Waals surface area contributed by atoms with Crippen molar-refractivity contribution in [3.8, 4) is 0 Å². The zero-order chi connectivity index (χ0) is 16.4. The van der Waals surface area contributed by atoms with E-state index in [1.54, 1.807) is 0 Å². The molecule has 0 spiro atoms. The minimum absolute atomic E-state index is 0.246. The highest BCUT2D eigenvalue weighted by Crippen LogP contribution is 2.30. The maximum absolute atomic E-state index is 13.5. The van der Waals surface area contributed by atoms with Gasteiger partial charge in [-0.05, 0) is 18.2 Å². The van der Waals surface area contributed by atoms with Gasteiger partial charge >= 0.3 is 12.1 Å². The summed E-state index contributed by atoms with van der Waals surface area (Å²) in [6.07, 6.45) is -4.70. The van der Waals surface area contributed by atoms with Gasteiger partial charge in [0, 0.05) is 13.6 Å². The molecule has 4 nitrogen and oxygen atoms in total. The summed E-state index contributed by atoms with van der Waals surface area (Å²) in [5.41, 5.74) is -1.89. The molecule has 1 N–H and O–H groups in total. The molecule has 1 aromatic rings. The van der Waals surface area contributed by atoms with Crippen molar-refractivity contribution in [1.82, 2.24) is 4.90 Å². The van der Waals surface area contributed by atoms with Crippen molar-refractivity contribution in [3.05, 3.63) is 35.1 Å². The standard InChI is InChI=1S/C13H13F4NO3/c1-7(12(20)21)6-18(2)11(19)9-5-8(13(15,16)17)3-4-10(9)14/h3-5,7H,6H2,1-2H3,(H,20,21). The molecule has 116 valence electrons. The number of aliphatic carboxylic acids is 1. The zero-order valence-corrected chi connectivity index (χ0v) is 11.2.